The second-order valence-electron chi connectivity index (χ2n) is 0.269. The Labute approximate surface area is 40.7 Å². The summed E-state index contributed by atoms with van der Waals surface area (Å²) in [6.07, 6.45) is 0. The smallest absolute Gasteiger partial charge is 0 e. The minimum Gasteiger partial charge on any atom is -0.597 e. The van der Waals surface area contributed by atoms with Crippen molar-refractivity contribution in [2.75, 3.05) is 0 Å². The van der Waals surface area contributed by atoms with Gasteiger partial charge in [0.15, 0.2) is 0 Å². The van der Waals surface area contributed by atoms with Gasteiger partial charge in [0.25, 0.3) is 0 Å². The van der Waals surface area contributed by atoms with Crippen LogP contribution in [0.25, 0.3) is 5.84 Å². The third-order valence-corrected chi connectivity index (χ3v) is 0.0722. The molecule has 0 atom stereocenters. The van der Waals surface area contributed by atoms with E-state index in [-0.39, 0.29) is 17.1 Å². The van der Waals surface area contributed by atoms with Crippen LogP contribution in [0.2, 0.25) is 0 Å². The molecule has 4 nitrogen and oxygen atoms in total. The summed E-state index contributed by atoms with van der Waals surface area (Å²) < 4.78 is 0. The van der Waals surface area contributed by atoms with E-state index >= 15 is 0 Å². The quantitative estimate of drug-likeness (QED) is 0.232. The van der Waals surface area contributed by atoms with Crippen molar-refractivity contribution in [1.29, 1.82) is 0 Å². The van der Waals surface area contributed by atoms with Crippen LogP contribution in [0.5, 0.6) is 0 Å². The Morgan fingerprint density at radius 3 is 1.80 bits per heavy atom. The van der Waals surface area contributed by atoms with E-state index in [4.69, 9.17) is 5.84 Å². The molecule has 0 aliphatic carbocycles. The van der Waals surface area contributed by atoms with E-state index in [9.17, 15) is 0 Å². The maximum absolute atomic E-state index is 5.97. The maximum atomic E-state index is 5.97. The fourth-order valence-corrected chi connectivity index (χ4v) is 0. The number of hydrogen-bond acceptors (Lipinski definition) is 3. The van der Waals surface area contributed by atoms with Gasteiger partial charge in [0.1, 0.15) is 0 Å². The van der Waals surface area contributed by atoms with Crippen molar-refractivity contribution < 1.29 is 17.1 Å². The molecule has 5 heteroatoms. The Balaban J connectivity index is 0. The van der Waals surface area contributed by atoms with Crippen LogP contribution in [0.15, 0.2) is 0 Å². The van der Waals surface area contributed by atoms with Gasteiger partial charge in [-0.3, -0.25) is 5.84 Å². The monoisotopic (exact) mass is 117 g/mol. The summed E-state index contributed by atoms with van der Waals surface area (Å²) in [6, 6.07) is 0. The van der Waals surface area contributed by atoms with Gasteiger partial charge in [0, 0.05) is 17.1 Å². The molecule has 0 aromatic rings. The van der Waals surface area contributed by atoms with Crippen LogP contribution in [-0.4, -0.2) is 0 Å². The van der Waals surface area contributed by atoms with E-state index in [0.717, 1.165) is 0 Å². The Hall–Kier alpha value is 0.359. The largest absolute Gasteiger partial charge is 0.597 e. The molecule has 0 rings (SSSR count). The minimum absolute atomic E-state index is 0. The van der Waals surface area contributed by atoms with Gasteiger partial charge in [-0.05, 0) is 0 Å². The molecular weight excluding hydrogens is 112 g/mol. The van der Waals surface area contributed by atoms with Crippen LogP contribution >= 0.6 is 0 Å². The molecule has 0 aliphatic rings. The maximum Gasteiger partial charge on any atom is 0 e. The van der Waals surface area contributed by atoms with Crippen molar-refractivity contribution in [2.24, 2.45) is 5.84 Å². The van der Waals surface area contributed by atoms with Gasteiger partial charge in [-0.15, -0.1) is 0 Å². The molecule has 0 aromatic heterocycles. The van der Waals surface area contributed by atoms with E-state index in [0.29, 0.717) is 0 Å². The molecule has 34 valence electrons. The molecule has 0 amide bonds. The number of hydrogen-bond donors (Lipinski definition) is 3. The Morgan fingerprint density at radius 1 is 1.60 bits per heavy atom. The average molecular weight is 117 g/mol. The molecule has 0 aliphatic heterocycles. The summed E-state index contributed by atoms with van der Waals surface area (Å²) >= 11 is 0. The normalized spacial score (nSPS) is 6.00. The molecule has 0 spiro atoms. The van der Waals surface area contributed by atoms with E-state index in [1.807, 2.05) is 5.53 Å². The zero-order valence-electron chi connectivity index (χ0n) is 2.43. The fraction of sp³-hybridized carbons (Fsp3) is 0. The van der Waals surface area contributed by atoms with Gasteiger partial charge in [-0.2, -0.15) is 0 Å². The third-order valence-electron chi connectivity index (χ3n) is 0.0722. The fourth-order valence-electron chi connectivity index (χ4n) is 0. The molecule has 0 fully saturated rings. The summed E-state index contributed by atoms with van der Waals surface area (Å²) in [5.41, 5.74) is 3.56. The van der Waals surface area contributed by atoms with Crippen LogP contribution < -0.4 is 16.9 Å². The molecule has 0 saturated carbocycles. The first-order valence-electron chi connectivity index (χ1n) is 0.789. The molecule has 0 aromatic carbocycles. The Bertz CT molecular complexity index is 5.61. The van der Waals surface area contributed by atoms with Gasteiger partial charge < -0.3 is 11.4 Å². The van der Waals surface area contributed by atoms with Crippen LogP contribution in [0.3, 0.4) is 0 Å². The van der Waals surface area contributed by atoms with Crippen LogP contribution in [0, 0.1) is 0 Å². The minimum atomic E-state index is 0. The Kier molecular flexibility index (Phi) is 16.0. The standard InChI is InChI=1S/Fe.H5N4/c;1-3-4-2/h;1,3-4H,2H2/q;-1. The predicted molar refractivity (Wildman–Crippen MR) is 14.8 cm³/mol. The molecule has 0 saturated heterocycles. The van der Waals surface area contributed by atoms with Gasteiger partial charge in [-0.1, -0.05) is 0 Å². The van der Waals surface area contributed by atoms with Crippen molar-refractivity contribution in [3.8, 4) is 0 Å². The molecule has 0 unspecified atom stereocenters. The molecule has 0 bridgehead atoms. The first-order chi connectivity index (χ1) is 1.91. The first kappa shape index (κ1) is 9.03. The summed E-state index contributed by atoms with van der Waals surface area (Å²) in [7, 11) is 0. The zero-order valence-corrected chi connectivity index (χ0v) is 3.54. The third kappa shape index (κ3) is 13.1. The average Bonchev–Trinajstić information content (AvgIpc) is 1.37. The summed E-state index contributed by atoms with van der Waals surface area (Å²) in [5.74, 6) is 10.4. The second-order valence-corrected chi connectivity index (χ2v) is 0.269. The van der Waals surface area contributed by atoms with Crippen molar-refractivity contribution in [3.05, 3.63) is 5.84 Å². The van der Waals surface area contributed by atoms with E-state index in [1.54, 1.807) is 5.53 Å². The molecule has 0 radical (unpaired) electrons. The number of rotatable bonds is 1. The van der Waals surface area contributed by atoms with Crippen LogP contribution in [0.4, 0.5) is 0 Å². The zero-order chi connectivity index (χ0) is 3.41. The van der Waals surface area contributed by atoms with Crippen LogP contribution in [-0.2, 0) is 17.1 Å². The molecular formula is H5FeN4-. The molecule has 5 N–H and O–H groups in total. The molecule has 0 heterocycles. The van der Waals surface area contributed by atoms with Gasteiger partial charge >= 0.3 is 0 Å². The summed E-state index contributed by atoms with van der Waals surface area (Å²) in [5, 5.41) is 0. The van der Waals surface area contributed by atoms with Crippen molar-refractivity contribution in [2.45, 2.75) is 0 Å². The predicted octanol–water partition coefficient (Wildman–Crippen LogP) is -1.08. The summed E-state index contributed by atoms with van der Waals surface area (Å²) in [6.45, 7) is 0. The van der Waals surface area contributed by atoms with Gasteiger partial charge in [0.05, 0.1) is 0 Å². The van der Waals surface area contributed by atoms with Crippen molar-refractivity contribution >= 4 is 0 Å². The van der Waals surface area contributed by atoms with Gasteiger partial charge in [-0.25, -0.2) is 5.53 Å². The van der Waals surface area contributed by atoms with E-state index in [2.05, 4.69) is 5.84 Å². The first-order valence-corrected chi connectivity index (χ1v) is 0.789. The van der Waals surface area contributed by atoms with Gasteiger partial charge in [0.2, 0.25) is 0 Å². The summed E-state index contributed by atoms with van der Waals surface area (Å²) in [4.78, 5) is 0. The van der Waals surface area contributed by atoms with E-state index in [1.165, 1.54) is 0 Å². The number of nitrogens with two attached hydrogens (primary N) is 1. The number of nitrogens with one attached hydrogen (secondary N) is 3. The molecule has 5 heavy (non-hydrogen) atoms. The number of hydrazine groups is 2. The van der Waals surface area contributed by atoms with Crippen LogP contribution in [0.1, 0.15) is 0 Å². The second kappa shape index (κ2) is 8.84. The Morgan fingerprint density at radius 2 is 1.80 bits per heavy atom. The van der Waals surface area contributed by atoms with Crippen molar-refractivity contribution in [3.63, 3.8) is 0 Å². The van der Waals surface area contributed by atoms with Crippen molar-refractivity contribution in [1.82, 2.24) is 11.1 Å². The topological polar surface area (TPSA) is 73.9 Å². The van der Waals surface area contributed by atoms with E-state index < -0.39 is 0 Å². The SMILES string of the molecule is [Fe].[NH-]NNN.